The van der Waals surface area contributed by atoms with E-state index in [9.17, 15) is 4.39 Å². The highest BCUT2D eigenvalue weighted by Gasteiger charge is 2.18. The fraction of sp³-hybridized carbons (Fsp3) is 0.250. The lowest BCUT2D eigenvalue weighted by Crippen LogP contribution is -2.23. The number of aryl methyl sites for hydroxylation is 1. The molecule has 0 aliphatic rings. The van der Waals surface area contributed by atoms with Crippen molar-refractivity contribution in [3.05, 3.63) is 69.4 Å². The second kappa shape index (κ2) is 6.31. The van der Waals surface area contributed by atoms with E-state index in [1.165, 1.54) is 5.56 Å². The van der Waals surface area contributed by atoms with Crippen LogP contribution in [0.4, 0.5) is 4.39 Å². The van der Waals surface area contributed by atoms with E-state index in [1.807, 2.05) is 38.1 Å². The highest BCUT2D eigenvalue weighted by molar-refractivity contribution is 9.10. The summed E-state index contributed by atoms with van der Waals surface area (Å²) < 4.78 is 14.8. The van der Waals surface area contributed by atoms with Gasteiger partial charge in [0, 0.05) is 5.56 Å². The van der Waals surface area contributed by atoms with Gasteiger partial charge in [0.25, 0.3) is 0 Å². The molecule has 0 spiro atoms. The lowest BCUT2D eigenvalue weighted by atomic mass is 9.97. The summed E-state index contributed by atoms with van der Waals surface area (Å²) in [5.41, 5.74) is 2.94. The Morgan fingerprint density at radius 1 is 1.16 bits per heavy atom. The number of hydrogen-bond donors (Lipinski definition) is 1. The molecule has 2 aromatic carbocycles. The largest absolute Gasteiger partial charge is 0.306 e. The Hall–Kier alpha value is -1.19. The summed E-state index contributed by atoms with van der Waals surface area (Å²) in [7, 11) is 0. The third-order valence-electron chi connectivity index (χ3n) is 3.11. The van der Waals surface area contributed by atoms with E-state index in [0.29, 0.717) is 10.0 Å². The average molecular weight is 322 g/mol. The number of halogens is 2. The fourth-order valence-corrected chi connectivity index (χ4v) is 2.50. The van der Waals surface area contributed by atoms with Gasteiger partial charge in [0.15, 0.2) is 0 Å². The quantitative estimate of drug-likeness (QED) is 0.868. The van der Waals surface area contributed by atoms with Crippen LogP contribution in [-0.4, -0.2) is 6.54 Å². The zero-order valence-corrected chi connectivity index (χ0v) is 12.7. The van der Waals surface area contributed by atoms with E-state index in [4.69, 9.17) is 0 Å². The SMILES string of the molecule is CCNC(c1ccc(C)cc1)c1cccc(Br)c1F. The molecule has 1 nitrogen and oxygen atoms in total. The number of nitrogens with one attached hydrogen (secondary N) is 1. The van der Waals surface area contributed by atoms with Gasteiger partial charge < -0.3 is 5.32 Å². The Balaban J connectivity index is 2.45. The van der Waals surface area contributed by atoms with Crippen molar-refractivity contribution in [1.82, 2.24) is 5.32 Å². The molecule has 1 atom stereocenters. The molecule has 0 radical (unpaired) electrons. The lowest BCUT2D eigenvalue weighted by Gasteiger charge is -2.20. The summed E-state index contributed by atoms with van der Waals surface area (Å²) in [6.07, 6.45) is 0. The predicted molar refractivity (Wildman–Crippen MR) is 80.8 cm³/mol. The van der Waals surface area contributed by atoms with E-state index < -0.39 is 0 Å². The van der Waals surface area contributed by atoms with Crippen LogP contribution in [0, 0.1) is 12.7 Å². The second-order valence-electron chi connectivity index (χ2n) is 4.54. The Labute approximate surface area is 122 Å². The number of benzene rings is 2. The molecule has 100 valence electrons. The van der Waals surface area contributed by atoms with Crippen LogP contribution in [0.3, 0.4) is 0 Å². The summed E-state index contributed by atoms with van der Waals surface area (Å²) in [4.78, 5) is 0. The molecule has 0 saturated carbocycles. The van der Waals surface area contributed by atoms with Crippen molar-refractivity contribution in [2.75, 3.05) is 6.54 Å². The first-order chi connectivity index (χ1) is 9.13. The third kappa shape index (κ3) is 3.23. The summed E-state index contributed by atoms with van der Waals surface area (Å²) in [6.45, 7) is 4.85. The molecule has 0 aliphatic heterocycles. The second-order valence-corrected chi connectivity index (χ2v) is 5.40. The molecule has 2 rings (SSSR count). The average Bonchev–Trinajstić information content (AvgIpc) is 2.41. The third-order valence-corrected chi connectivity index (χ3v) is 3.72. The molecule has 0 fully saturated rings. The van der Waals surface area contributed by atoms with Crippen molar-refractivity contribution < 1.29 is 4.39 Å². The first-order valence-corrected chi connectivity index (χ1v) is 7.16. The molecule has 3 heteroatoms. The summed E-state index contributed by atoms with van der Waals surface area (Å²) >= 11 is 3.25. The van der Waals surface area contributed by atoms with Gasteiger partial charge in [0.05, 0.1) is 10.5 Å². The van der Waals surface area contributed by atoms with Crippen molar-refractivity contribution in [3.8, 4) is 0 Å². The summed E-state index contributed by atoms with van der Waals surface area (Å²) in [5, 5.41) is 3.34. The maximum absolute atomic E-state index is 14.3. The highest BCUT2D eigenvalue weighted by Crippen LogP contribution is 2.28. The Morgan fingerprint density at radius 2 is 1.84 bits per heavy atom. The lowest BCUT2D eigenvalue weighted by molar-refractivity contribution is 0.555. The van der Waals surface area contributed by atoms with E-state index in [0.717, 1.165) is 12.1 Å². The van der Waals surface area contributed by atoms with Gasteiger partial charge in [-0.05, 0) is 41.0 Å². The van der Waals surface area contributed by atoms with E-state index in [-0.39, 0.29) is 11.9 Å². The van der Waals surface area contributed by atoms with E-state index in [2.05, 4.69) is 33.4 Å². The molecular formula is C16H17BrFN. The summed E-state index contributed by atoms with van der Waals surface area (Å²) in [6, 6.07) is 13.5. The molecule has 1 unspecified atom stereocenters. The van der Waals surface area contributed by atoms with Crippen LogP contribution in [0.1, 0.15) is 29.7 Å². The molecule has 0 saturated heterocycles. The first-order valence-electron chi connectivity index (χ1n) is 6.37. The molecule has 19 heavy (non-hydrogen) atoms. The number of rotatable bonds is 4. The minimum absolute atomic E-state index is 0.122. The zero-order chi connectivity index (χ0) is 13.8. The molecule has 0 aromatic heterocycles. The van der Waals surface area contributed by atoms with E-state index >= 15 is 0 Å². The standard InChI is InChI=1S/C16H17BrFN/c1-3-19-16(12-9-7-11(2)8-10-12)13-5-4-6-14(17)15(13)18/h4-10,16,19H,3H2,1-2H3. The number of hydrogen-bond acceptors (Lipinski definition) is 1. The van der Waals surface area contributed by atoms with Crippen LogP contribution < -0.4 is 5.32 Å². The van der Waals surface area contributed by atoms with Gasteiger partial charge in [0.1, 0.15) is 5.82 Å². The van der Waals surface area contributed by atoms with Crippen LogP contribution in [0.5, 0.6) is 0 Å². The predicted octanol–water partition coefficient (Wildman–Crippen LogP) is 4.60. The Kier molecular flexibility index (Phi) is 4.72. The molecule has 0 heterocycles. The van der Waals surface area contributed by atoms with Gasteiger partial charge in [0.2, 0.25) is 0 Å². The van der Waals surface area contributed by atoms with Crippen LogP contribution >= 0.6 is 15.9 Å². The van der Waals surface area contributed by atoms with Gasteiger partial charge in [-0.3, -0.25) is 0 Å². The van der Waals surface area contributed by atoms with Crippen molar-refractivity contribution in [3.63, 3.8) is 0 Å². The van der Waals surface area contributed by atoms with Crippen molar-refractivity contribution in [2.24, 2.45) is 0 Å². The maximum Gasteiger partial charge on any atom is 0.142 e. The maximum atomic E-state index is 14.3. The van der Waals surface area contributed by atoms with Gasteiger partial charge in [-0.1, -0.05) is 48.9 Å². The molecule has 1 N–H and O–H groups in total. The Bertz CT molecular complexity index is 551. The Morgan fingerprint density at radius 3 is 2.47 bits per heavy atom. The van der Waals surface area contributed by atoms with Crippen LogP contribution in [0.15, 0.2) is 46.9 Å². The van der Waals surface area contributed by atoms with Gasteiger partial charge >= 0.3 is 0 Å². The van der Waals surface area contributed by atoms with Crippen LogP contribution in [0.2, 0.25) is 0 Å². The van der Waals surface area contributed by atoms with Crippen molar-refractivity contribution >= 4 is 15.9 Å². The first kappa shape index (κ1) is 14.2. The minimum atomic E-state index is -0.200. The minimum Gasteiger partial charge on any atom is -0.306 e. The van der Waals surface area contributed by atoms with Crippen molar-refractivity contribution in [2.45, 2.75) is 19.9 Å². The van der Waals surface area contributed by atoms with Gasteiger partial charge in [-0.2, -0.15) is 0 Å². The van der Waals surface area contributed by atoms with Gasteiger partial charge in [-0.15, -0.1) is 0 Å². The molecule has 0 aliphatic carbocycles. The monoisotopic (exact) mass is 321 g/mol. The zero-order valence-electron chi connectivity index (χ0n) is 11.1. The van der Waals surface area contributed by atoms with Crippen LogP contribution in [0.25, 0.3) is 0 Å². The van der Waals surface area contributed by atoms with Gasteiger partial charge in [-0.25, -0.2) is 4.39 Å². The summed E-state index contributed by atoms with van der Waals surface area (Å²) in [5.74, 6) is -0.200. The topological polar surface area (TPSA) is 12.0 Å². The fourth-order valence-electron chi connectivity index (χ4n) is 2.11. The normalized spacial score (nSPS) is 12.4. The van der Waals surface area contributed by atoms with Crippen LogP contribution in [-0.2, 0) is 0 Å². The highest BCUT2D eigenvalue weighted by atomic mass is 79.9. The molecule has 2 aromatic rings. The van der Waals surface area contributed by atoms with Crippen molar-refractivity contribution in [1.29, 1.82) is 0 Å². The molecular weight excluding hydrogens is 305 g/mol. The molecule has 0 bridgehead atoms. The smallest absolute Gasteiger partial charge is 0.142 e. The molecule has 0 amide bonds. The van der Waals surface area contributed by atoms with E-state index in [1.54, 1.807) is 6.07 Å².